The molecular formula is C16H18ClNO5. The molecule has 1 aromatic rings. The van der Waals surface area contributed by atoms with Crippen molar-refractivity contribution in [2.45, 2.75) is 6.42 Å². The van der Waals surface area contributed by atoms with E-state index in [9.17, 15) is 14.7 Å². The van der Waals surface area contributed by atoms with Gasteiger partial charge in [0.15, 0.2) is 6.61 Å². The van der Waals surface area contributed by atoms with Crippen molar-refractivity contribution >= 4 is 23.5 Å². The molecule has 2 aliphatic heterocycles. The molecule has 0 aliphatic carbocycles. The highest BCUT2D eigenvalue weighted by Crippen LogP contribution is 2.42. The molecule has 124 valence electrons. The first-order valence-electron chi connectivity index (χ1n) is 7.48. The van der Waals surface area contributed by atoms with E-state index >= 15 is 0 Å². The van der Waals surface area contributed by atoms with Gasteiger partial charge < -0.3 is 19.5 Å². The number of amides is 1. The van der Waals surface area contributed by atoms with Gasteiger partial charge in [-0.3, -0.25) is 9.59 Å². The number of benzene rings is 1. The summed E-state index contributed by atoms with van der Waals surface area (Å²) in [5, 5.41) is 10.2. The highest BCUT2D eigenvalue weighted by Gasteiger charge is 2.54. The van der Waals surface area contributed by atoms with Gasteiger partial charge >= 0.3 is 5.97 Å². The SMILES string of the molecule is O=C(COc1ccc(Cl)cc1)N1C[C@H]2COCC[C@@]2(C(=O)O)C1. The van der Waals surface area contributed by atoms with E-state index in [1.54, 1.807) is 29.2 Å². The molecule has 0 unspecified atom stereocenters. The van der Waals surface area contributed by atoms with E-state index in [1.807, 2.05) is 0 Å². The van der Waals surface area contributed by atoms with Crippen LogP contribution in [0.15, 0.2) is 24.3 Å². The quantitative estimate of drug-likeness (QED) is 0.903. The van der Waals surface area contributed by atoms with Crippen LogP contribution < -0.4 is 4.74 Å². The molecule has 2 aliphatic rings. The van der Waals surface area contributed by atoms with E-state index in [4.69, 9.17) is 21.1 Å². The fraction of sp³-hybridized carbons (Fsp3) is 0.500. The molecule has 0 saturated carbocycles. The van der Waals surface area contributed by atoms with E-state index in [0.717, 1.165) is 0 Å². The molecule has 0 bridgehead atoms. The number of likely N-dealkylation sites (tertiary alicyclic amines) is 1. The number of hydrogen-bond donors (Lipinski definition) is 1. The van der Waals surface area contributed by atoms with Crippen molar-refractivity contribution in [3.63, 3.8) is 0 Å². The number of aliphatic carboxylic acids is 1. The Morgan fingerprint density at radius 1 is 1.39 bits per heavy atom. The molecule has 23 heavy (non-hydrogen) atoms. The minimum atomic E-state index is -0.881. The van der Waals surface area contributed by atoms with Gasteiger partial charge in [0.25, 0.3) is 5.91 Å². The summed E-state index contributed by atoms with van der Waals surface area (Å²) in [6.07, 6.45) is 0.439. The van der Waals surface area contributed by atoms with Crippen LogP contribution in [0.1, 0.15) is 6.42 Å². The van der Waals surface area contributed by atoms with Gasteiger partial charge in [-0.25, -0.2) is 0 Å². The smallest absolute Gasteiger partial charge is 0.311 e. The molecule has 2 atom stereocenters. The highest BCUT2D eigenvalue weighted by atomic mass is 35.5. The Morgan fingerprint density at radius 2 is 2.13 bits per heavy atom. The lowest BCUT2D eigenvalue weighted by Gasteiger charge is -2.33. The lowest BCUT2D eigenvalue weighted by Crippen LogP contribution is -2.45. The second-order valence-corrected chi connectivity index (χ2v) is 6.44. The van der Waals surface area contributed by atoms with Crippen molar-refractivity contribution in [2.75, 3.05) is 32.9 Å². The number of carboxylic acid groups (broad SMARTS) is 1. The number of nitrogens with zero attached hydrogens (tertiary/aromatic N) is 1. The number of hydrogen-bond acceptors (Lipinski definition) is 4. The Morgan fingerprint density at radius 3 is 2.78 bits per heavy atom. The fourth-order valence-electron chi connectivity index (χ4n) is 3.26. The zero-order valence-corrected chi connectivity index (χ0v) is 13.3. The molecule has 1 amide bonds. The molecule has 2 heterocycles. The molecule has 3 rings (SSSR count). The third kappa shape index (κ3) is 3.14. The molecule has 2 saturated heterocycles. The number of fused-ring (bicyclic) bond motifs is 1. The molecule has 0 aromatic heterocycles. The van der Waals surface area contributed by atoms with Gasteiger partial charge in [-0.15, -0.1) is 0 Å². The predicted octanol–water partition coefficient (Wildman–Crippen LogP) is 1.67. The monoisotopic (exact) mass is 339 g/mol. The Kier molecular flexibility index (Phi) is 4.46. The van der Waals surface area contributed by atoms with Crippen LogP contribution >= 0.6 is 11.6 Å². The van der Waals surface area contributed by atoms with Gasteiger partial charge in [0.2, 0.25) is 0 Å². The minimum Gasteiger partial charge on any atom is -0.484 e. The summed E-state index contributed by atoms with van der Waals surface area (Å²) in [4.78, 5) is 25.6. The lowest BCUT2D eigenvalue weighted by atomic mass is 9.74. The zero-order chi connectivity index (χ0) is 16.4. The van der Waals surface area contributed by atoms with Gasteiger partial charge in [0.1, 0.15) is 5.75 Å². The molecule has 0 spiro atoms. The summed E-state index contributed by atoms with van der Waals surface area (Å²) in [5.41, 5.74) is -0.881. The van der Waals surface area contributed by atoms with E-state index in [-0.39, 0.29) is 25.0 Å². The Hall–Kier alpha value is -1.79. The molecule has 2 fully saturated rings. The van der Waals surface area contributed by atoms with Crippen molar-refractivity contribution in [1.29, 1.82) is 0 Å². The third-order valence-electron chi connectivity index (χ3n) is 4.66. The van der Waals surface area contributed by atoms with Crippen molar-refractivity contribution in [2.24, 2.45) is 11.3 Å². The predicted molar refractivity (Wildman–Crippen MR) is 82.5 cm³/mol. The number of ether oxygens (including phenoxy) is 2. The van der Waals surface area contributed by atoms with Crippen molar-refractivity contribution in [3.8, 4) is 5.75 Å². The number of carbonyl (C=O) groups is 2. The van der Waals surface area contributed by atoms with Gasteiger partial charge in [0.05, 0.1) is 12.0 Å². The number of halogens is 1. The van der Waals surface area contributed by atoms with Crippen molar-refractivity contribution < 1.29 is 24.2 Å². The van der Waals surface area contributed by atoms with E-state index in [1.165, 1.54) is 0 Å². The van der Waals surface area contributed by atoms with Crippen molar-refractivity contribution in [3.05, 3.63) is 29.3 Å². The summed E-state index contributed by atoms with van der Waals surface area (Å²) in [6, 6.07) is 6.74. The van der Waals surface area contributed by atoms with Crippen molar-refractivity contribution in [1.82, 2.24) is 4.90 Å². The van der Waals surface area contributed by atoms with Crippen LogP contribution in [0, 0.1) is 11.3 Å². The van der Waals surface area contributed by atoms with Crippen LogP contribution in [0.25, 0.3) is 0 Å². The molecule has 6 nitrogen and oxygen atoms in total. The average molecular weight is 340 g/mol. The third-order valence-corrected chi connectivity index (χ3v) is 4.91. The van der Waals surface area contributed by atoms with E-state index in [2.05, 4.69) is 0 Å². The van der Waals surface area contributed by atoms with Crippen LogP contribution in [0.3, 0.4) is 0 Å². The Balaban J connectivity index is 1.62. The maximum Gasteiger partial charge on any atom is 0.311 e. The molecule has 1 N–H and O–H groups in total. The first kappa shape index (κ1) is 16.1. The molecule has 7 heteroatoms. The molecule has 1 aromatic carbocycles. The summed E-state index contributed by atoms with van der Waals surface area (Å²) >= 11 is 5.79. The average Bonchev–Trinajstić information content (AvgIpc) is 2.95. The van der Waals surface area contributed by atoms with Gasteiger partial charge in [0, 0.05) is 30.6 Å². The van der Waals surface area contributed by atoms with Gasteiger partial charge in [-0.05, 0) is 30.7 Å². The number of rotatable bonds is 4. The topological polar surface area (TPSA) is 76.1 Å². The maximum atomic E-state index is 12.3. The second kappa shape index (κ2) is 6.37. The second-order valence-electron chi connectivity index (χ2n) is 6.00. The normalized spacial score (nSPS) is 26.7. The first-order chi connectivity index (χ1) is 11.0. The van der Waals surface area contributed by atoms with E-state index in [0.29, 0.717) is 37.0 Å². The highest BCUT2D eigenvalue weighted by molar-refractivity contribution is 6.30. The number of carboxylic acids is 1. The lowest BCUT2D eigenvalue weighted by molar-refractivity contribution is -0.157. The summed E-state index contributed by atoms with van der Waals surface area (Å²) in [6.45, 7) is 1.30. The first-order valence-corrected chi connectivity index (χ1v) is 7.86. The summed E-state index contributed by atoms with van der Waals surface area (Å²) in [7, 11) is 0. The Labute approximate surface area is 138 Å². The van der Waals surface area contributed by atoms with Gasteiger partial charge in [-0.2, -0.15) is 0 Å². The Bertz CT molecular complexity index is 605. The molecular weight excluding hydrogens is 322 g/mol. The van der Waals surface area contributed by atoms with Crippen LogP contribution in [-0.2, 0) is 14.3 Å². The van der Waals surface area contributed by atoms with Crippen LogP contribution in [-0.4, -0.2) is 54.8 Å². The molecule has 0 radical (unpaired) electrons. The minimum absolute atomic E-state index is 0.120. The maximum absolute atomic E-state index is 12.3. The van der Waals surface area contributed by atoms with Crippen LogP contribution in [0.4, 0.5) is 0 Å². The largest absolute Gasteiger partial charge is 0.484 e. The van der Waals surface area contributed by atoms with Crippen LogP contribution in [0.2, 0.25) is 5.02 Å². The number of carbonyl (C=O) groups excluding carboxylic acids is 1. The summed E-state index contributed by atoms with van der Waals surface area (Å²) < 4.78 is 10.8. The zero-order valence-electron chi connectivity index (χ0n) is 12.5. The summed E-state index contributed by atoms with van der Waals surface area (Å²) in [5.74, 6) is -0.668. The fourth-order valence-corrected chi connectivity index (χ4v) is 3.38. The standard InChI is InChI=1S/C16H18ClNO5/c17-12-1-3-13(4-2-12)23-9-14(19)18-7-11-8-22-6-5-16(11,10-18)15(20)21/h1-4,11H,5-10H2,(H,20,21)/t11-,16+/m0/s1. The van der Waals surface area contributed by atoms with Crippen LogP contribution in [0.5, 0.6) is 5.75 Å². The van der Waals surface area contributed by atoms with Gasteiger partial charge in [-0.1, -0.05) is 11.6 Å². The van der Waals surface area contributed by atoms with E-state index < -0.39 is 11.4 Å².